The summed E-state index contributed by atoms with van der Waals surface area (Å²) in [4.78, 5) is 55.4. The molecule has 0 aromatic carbocycles. The van der Waals surface area contributed by atoms with Gasteiger partial charge in [-0.15, -0.1) is 0 Å². The molecule has 3 amide bonds. The van der Waals surface area contributed by atoms with Crippen molar-refractivity contribution in [3.8, 4) is 0 Å². The number of aliphatic hydroxyl groups is 2. The van der Waals surface area contributed by atoms with Crippen molar-refractivity contribution in [2.75, 3.05) is 13.2 Å². The second kappa shape index (κ2) is 14.2. The van der Waals surface area contributed by atoms with Crippen molar-refractivity contribution in [3.63, 3.8) is 0 Å². The summed E-state index contributed by atoms with van der Waals surface area (Å²) in [5, 5.41) is 35.4. The van der Waals surface area contributed by atoms with Crippen molar-refractivity contribution in [1.29, 1.82) is 0 Å². The third-order valence-corrected chi connectivity index (χ3v) is 4.81. The number of nitrogens with zero attached hydrogens (tertiary/aromatic N) is 1. The number of carbonyl (C=O) groups excluding carboxylic acids is 3. The van der Waals surface area contributed by atoms with Crippen LogP contribution in [0.2, 0.25) is 0 Å². The third kappa shape index (κ3) is 9.53. The number of hydrogen-bond donors (Lipinski definition) is 9. The molecule has 0 aliphatic heterocycles. The van der Waals surface area contributed by atoms with Crippen LogP contribution in [0.5, 0.6) is 0 Å². The molecule has 0 fully saturated rings. The van der Waals surface area contributed by atoms with Crippen LogP contribution in [0.15, 0.2) is 12.5 Å². The van der Waals surface area contributed by atoms with Crippen LogP contribution in [0, 0.1) is 0 Å². The Morgan fingerprint density at radius 3 is 2.18 bits per heavy atom. The standard InChI is InChI=1S/C19H33N7O7/c1-10(28)15(21)18(31)24-12(4-2-3-5-20)16(29)26-14(8-27)17(30)25-13(19(32)33)6-11-7-22-9-23-11/h7,9-10,12-15,27-28H,2-6,8,20-21H2,1H3,(H,22,23)(H,24,31)(H,25,30)(H,26,29)(H,32,33). The second-order valence-corrected chi connectivity index (χ2v) is 7.54. The van der Waals surface area contributed by atoms with Crippen LogP contribution in [-0.2, 0) is 25.6 Å². The van der Waals surface area contributed by atoms with Gasteiger partial charge >= 0.3 is 5.97 Å². The number of aliphatic carboxylic acids is 1. The molecular formula is C19H33N7O7. The lowest BCUT2D eigenvalue weighted by Crippen LogP contribution is -2.59. The van der Waals surface area contributed by atoms with Crippen LogP contribution in [-0.4, -0.2) is 92.4 Å². The van der Waals surface area contributed by atoms with E-state index in [1.54, 1.807) is 0 Å². The van der Waals surface area contributed by atoms with Crippen LogP contribution >= 0.6 is 0 Å². The molecule has 1 aromatic heterocycles. The highest BCUT2D eigenvalue weighted by Crippen LogP contribution is 2.04. The fraction of sp³-hybridized carbons (Fsp3) is 0.632. The van der Waals surface area contributed by atoms with Gasteiger partial charge in [-0.3, -0.25) is 14.4 Å². The number of carboxylic acids is 1. The number of unbranched alkanes of at least 4 members (excludes halogenated alkanes) is 1. The molecule has 0 bridgehead atoms. The molecule has 14 nitrogen and oxygen atoms in total. The monoisotopic (exact) mass is 471 g/mol. The molecule has 1 heterocycles. The number of aromatic amines is 1. The Kier molecular flexibility index (Phi) is 12.0. The van der Waals surface area contributed by atoms with Crippen LogP contribution in [0.4, 0.5) is 0 Å². The molecular weight excluding hydrogens is 438 g/mol. The van der Waals surface area contributed by atoms with E-state index < -0.39 is 60.6 Å². The smallest absolute Gasteiger partial charge is 0.326 e. The van der Waals surface area contributed by atoms with Gasteiger partial charge < -0.3 is 47.7 Å². The molecule has 11 N–H and O–H groups in total. The Bertz CT molecular complexity index is 773. The molecule has 0 saturated heterocycles. The second-order valence-electron chi connectivity index (χ2n) is 7.54. The molecule has 0 radical (unpaired) electrons. The number of aliphatic hydroxyl groups excluding tert-OH is 2. The summed E-state index contributed by atoms with van der Waals surface area (Å²) in [6, 6.07) is -5.20. The third-order valence-electron chi connectivity index (χ3n) is 4.81. The van der Waals surface area contributed by atoms with Gasteiger partial charge in [0.1, 0.15) is 24.2 Å². The van der Waals surface area contributed by atoms with Gasteiger partial charge in [0, 0.05) is 18.3 Å². The van der Waals surface area contributed by atoms with Crippen LogP contribution in [0.3, 0.4) is 0 Å². The van der Waals surface area contributed by atoms with E-state index in [2.05, 4.69) is 25.9 Å². The SMILES string of the molecule is CC(O)C(N)C(=O)NC(CCCCN)C(=O)NC(CO)C(=O)NC(Cc1cnc[nH]1)C(=O)O. The minimum Gasteiger partial charge on any atom is -0.480 e. The summed E-state index contributed by atoms with van der Waals surface area (Å²) in [6.45, 7) is 0.872. The molecule has 33 heavy (non-hydrogen) atoms. The van der Waals surface area contributed by atoms with Crippen molar-refractivity contribution in [1.82, 2.24) is 25.9 Å². The minimum atomic E-state index is -1.47. The Morgan fingerprint density at radius 2 is 1.67 bits per heavy atom. The maximum Gasteiger partial charge on any atom is 0.326 e. The Labute approximate surface area is 190 Å². The van der Waals surface area contributed by atoms with Gasteiger partial charge in [0.15, 0.2) is 0 Å². The van der Waals surface area contributed by atoms with Gasteiger partial charge in [-0.25, -0.2) is 9.78 Å². The highest BCUT2D eigenvalue weighted by atomic mass is 16.4. The van der Waals surface area contributed by atoms with Crippen molar-refractivity contribution < 1.29 is 34.5 Å². The van der Waals surface area contributed by atoms with Gasteiger partial charge in [-0.2, -0.15) is 0 Å². The lowest BCUT2D eigenvalue weighted by Gasteiger charge is -2.24. The maximum atomic E-state index is 12.7. The number of carbonyl (C=O) groups is 4. The van der Waals surface area contributed by atoms with Gasteiger partial charge in [-0.05, 0) is 32.7 Å². The van der Waals surface area contributed by atoms with E-state index in [9.17, 15) is 34.5 Å². The predicted molar refractivity (Wildman–Crippen MR) is 115 cm³/mol. The summed E-state index contributed by atoms with van der Waals surface area (Å²) in [5.41, 5.74) is 11.5. The van der Waals surface area contributed by atoms with Crippen LogP contribution < -0.4 is 27.4 Å². The Morgan fingerprint density at radius 1 is 1.06 bits per heavy atom. The van der Waals surface area contributed by atoms with Crippen molar-refractivity contribution in [2.45, 2.75) is 62.9 Å². The number of nitrogens with one attached hydrogen (secondary N) is 4. The largest absolute Gasteiger partial charge is 0.480 e. The molecule has 14 heteroatoms. The zero-order valence-electron chi connectivity index (χ0n) is 18.4. The van der Waals surface area contributed by atoms with Crippen LogP contribution in [0.1, 0.15) is 31.9 Å². The summed E-state index contributed by atoms with van der Waals surface area (Å²) < 4.78 is 0. The Balaban J connectivity index is 2.84. The first-order chi connectivity index (χ1) is 15.6. The molecule has 0 saturated carbocycles. The average Bonchev–Trinajstić information content (AvgIpc) is 3.28. The van der Waals surface area contributed by atoms with Gasteiger partial charge in [-0.1, -0.05) is 0 Å². The highest BCUT2D eigenvalue weighted by Gasteiger charge is 2.30. The zero-order valence-corrected chi connectivity index (χ0v) is 18.4. The van der Waals surface area contributed by atoms with E-state index in [4.69, 9.17) is 11.5 Å². The van der Waals surface area contributed by atoms with E-state index in [0.717, 1.165) is 0 Å². The number of nitrogens with two attached hydrogens (primary N) is 2. The lowest BCUT2D eigenvalue weighted by molar-refractivity contribution is -0.142. The summed E-state index contributed by atoms with van der Waals surface area (Å²) in [5.74, 6) is -3.80. The molecule has 1 rings (SSSR count). The topological polar surface area (TPSA) is 246 Å². The van der Waals surface area contributed by atoms with Crippen molar-refractivity contribution in [2.24, 2.45) is 11.5 Å². The van der Waals surface area contributed by atoms with E-state index in [1.807, 2.05) is 0 Å². The number of imidazole rings is 1. The summed E-state index contributed by atoms with van der Waals surface area (Å²) in [7, 11) is 0. The molecule has 0 aliphatic rings. The first-order valence-electron chi connectivity index (χ1n) is 10.5. The molecule has 0 aliphatic carbocycles. The van der Waals surface area contributed by atoms with Gasteiger partial charge in [0.2, 0.25) is 17.7 Å². The van der Waals surface area contributed by atoms with E-state index >= 15 is 0 Å². The molecule has 1 aromatic rings. The maximum absolute atomic E-state index is 12.7. The highest BCUT2D eigenvalue weighted by molar-refractivity contribution is 5.94. The summed E-state index contributed by atoms with van der Waals surface area (Å²) >= 11 is 0. The number of rotatable bonds is 15. The van der Waals surface area contributed by atoms with Crippen molar-refractivity contribution in [3.05, 3.63) is 18.2 Å². The average molecular weight is 472 g/mol. The Hall–Kier alpha value is -3.07. The number of aromatic nitrogens is 2. The number of amides is 3. The summed E-state index contributed by atoms with van der Waals surface area (Å²) in [6.07, 6.45) is 2.72. The molecule has 5 unspecified atom stereocenters. The lowest BCUT2D eigenvalue weighted by atomic mass is 10.1. The van der Waals surface area contributed by atoms with Crippen molar-refractivity contribution >= 4 is 23.7 Å². The minimum absolute atomic E-state index is 0.0951. The first kappa shape index (κ1) is 28.0. The van der Waals surface area contributed by atoms with Crippen LogP contribution in [0.25, 0.3) is 0 Å². The fourth-order valence-electron chi connectivity index (χ4n) is 2.80. The fourth-order valence-corrected chi connectivity index (χ4v) is 2.80. The van der Waals surface area contributed by atoms with E-state index in [1.165, 1.54) is 19.4 Å². The number of H-pyrrole nitrogens is 1. The number of carboxylic acid groups (broad SMARTS) is 1. The van der Waals surface area contributed by atoms with E-state index in [0.29, 0.717) is 25.1 Å². The predicted octanol–water partition coefficient (Wildman–Crippen LogP) is -3.68. The van der Waals surface area contributed by atoms with E-state index in [-0.39, 0.29) is 12.8 Å². The zero-order chi connectivity index (χ0) is 25.0. The van der Waals surface area contributed by atoms with Gasteiger partial charge in [0.05, 0.1) is 19.0 Å². The van der Waals surface area contributed by atoms with Gasteiger partial charge in [0.25, 0.3) is 0 Å². The molecule has 0 spiro atoms. The number of hydrogen-bond acceptors (Lipinski definition) is 9. The quantitative estimate of drug-likeness (QED) is 0.113. The first-order valence-corrected chi connectivity index (χ1v) is 10.5. The molecule has 186 valence electrons. The normalized spacial score (nSPS) is 15.5. The molecule has 5 atom stereocenters.